The van der Waals surface area contributed by atoms with E-state index in [0.717, 1.165) is 10.6 Å². The van der Waals surface area contributed by atoms with E-state index in [0.29, 0.717) is 39.8 Å². The van der Waals surface area contributed by atoms with Gasteiger partial charge in [-0.05, 0) is 64.7 Å². The number of rotatable bonds is 3. The van der Waals surface area contributed by atoms with E-state index >= 15 is 0 Å². The van der Waals surface area contributed by atoms with Crippen LogP contribution in [-0.4, -0.2) is 11.8 Å². The summed E-state index contributed by atoms with van der Waals surface area (Å²) >= 11 is 3.52. The van der Waals surface area contributed by atoms with E-state index in [1.807, 2.05) is 29.5 Å². The van der Waals surface area contributed by atoms with Gasteiger partial charge < -0.3 is 14.2 Å². The first-order valence-corrected chi connectivity index (χ1v) is 14.9. The summed E-state index contributed by atoms with van der Waals surface area (Å²) in [6, 6.07) is 16.4. The maximum atomic E-state index is 13.1. The van der Waals surface area contributed by atoms with Crippen molar-refractivity contribution in [2.75, 3.05) is 0 Å². The second kappa shape index (κ2) is 8.39. The van der Waals surface area contributed by atoms with Gasteiger partial charge in [-0.3, -0.25) is 4.79 Å². The largest absolute Gasteiger partial charge is 0.459 e. The molecule has 40 heavy (non-hydrogen) atoms. The average molecular weight is 570 g/mol. The third-order valence-corrected chi connectivity index (χ3v) is 9.99. The Morgan fingerprint density at radius 3 is 2.10 bits per heavy atom. The molecule has 3 N–H and O–H groups in total. The summed E-state index contributed by atoms with van der Waals surface area (Å²) in [7, 11) is 0. The molecule has 0 bridgehead atoms. The molecule has 1 aromatic carbocycles. The van der Waals surface area contributed by atoms with Crippen molar-refractivity contribution < 1.29 is 23.7 Å². The van der Waals surface area contributed by atoms with Crippen LogP contribution < -0.4 is 10.6 Å². The zero-order chi connectivity index (χ0) is 28.1. The van der Waals surface area contributed by atoms with E-state index in [-0.39, 0.29) is 22.6 Å². The number of quaternary nitrogens is 1. The third kappa shape index (κ3) is 3.93. The minimum atomic E-state index is -0.328. The van der Waals surface area contributed by atoms with Crippen LogP contribution in [0.3, 0.4) is 0 Å². The first-order chi connectivity index (χ1) is 18.9. The van der Waals surface area contributed by atoms with Crippen molar-refractivity contribution in [2.45, 2.75) is 52.4 Å². The lowest BCUT2D eigenvalue weighted by Crippen LogP contribution is -2.83. The minimum Gasteiger partial charge on any atom is -0.459 e. The fourth-order valence-corrected chi connectivity index (χ4v) is 7.39. The normalized spacial score (nSPS) is 16.2. The maximum absolute atomic E-state index is 13.1. The predicted octanol–water partition coefficient (Wildman–Crippen LogP) is 6.92. The number of hydrogen-bond acceptors (Lipinski definition) is 6. The molecule has 2 amide bonds. The Morgan fingerprint density at radius 1 is 0.725 bits per heavy atom. The highest BCUT2D eigenvalue weighted by Crippen LogP contribution is 2.42. The Labute approximate surface area is 239 Å². The summed E-state index contributed by atoms with van der Waals surface area (Å²) < 4.78 is 14.8. The molecule has 6 nitrogen and oxygen atoms in total. The molecular formula is C32H29N2O4S2+. The molecule has 0 aliphatic carbocycles. The molecule has 0 saturated carbocycles. The molecule has 0 atom stereocenters. The van der Waals surface area contributed by atoms with Gasteiger partial charge in [0.05, 0.1) is 4.88 Å². The number of hydrogen-bond donors (Lipinski definition) is 2. The van der Waals surface area contributed by atoms with Crippen molar-refractivity contribution in [3.63, 3.8) is 0 Å². The summed E-state index contributed by atoms with van der Waals surface area (Å²) in [5, 5.41) is 6.79. The summed E-state index contributed by atoms with van der Waals surface area (Å²) in [5.41, 5.74) is 1.52. The van der Waals surface area contributed by atoms with Crippen LogP contribution >= 0.6 is 22.7 Å². The van der Waals surface area contributed by atoms with Gasteiger partial charge in [-0.25, -0.2) is 10.1 Å². The Hall–Kier alpha value is -3.72. The molecule has 0 radical (unpaired) electrons. The summed E-state index contributed by atoms with van der Waals surface area (Å²) in [6.45, 7) is 12.9. The number of nitrogens with two attached hydrogens (primary N) is 1. The van der Waals surface area contributed by atoms with Crippen LogP contribution in [-0.2, 0) is 20.4 Å². The number of furan rings is 2. The van der Waals surface area contributed by atoms with Crippen LogP contribution in [0, 0.1) is 0 Å². The summed E-state index contributed by atoms with van der Waals surface area (Å²) in [5.74, 6) is 1.90. The van der Waals surface area contributed by atoms with Crippen molar-refractivity contribution in [3.8, 4) is 10.6 Å². The zero-order valence-electron chi connectivity index (χ0n) is 23.1. The molecule has 5 aromatic rings. The Morgan fingerprint density at radius 2 is 1.40 bits per heavy atom. The third-order valence-electron chi connectivity index (χ3n) is 7.36. The van der Waals surface area contributed by atoms with E-state index in [9.17, 15) is 9.59 Å². The van der Waals surface area contributed by atoms with Crippen LogP contribution in [0.15, 0.2) is 68.5 Å². The number of carbonyl (C=O) groups excluding carboxylic acids is 2. The number of thiophene rings is 2. The van der Waals surface area contributed by atoms with Gasteiger partial charge in [-0.15, -0.1) is 22.7 Å². The number of nitrogens with one attached hydrogen (secondary N) is 1. The van der Waals surface area contributed by atoms with Gasteiger partial charge in [0, 0.05) is 19.7 Å². The first-order valence-electron chi connectivity index (χ1n) is 13.2. The van der Waals surface area contributed by atoms with Gasteiger partial charge in [0.15, 0.2) is 17.2 Å². The Kier molecular flexibility index (Phi) is 5.30. The maximum Gasteiger partial charge on any atom is 0.351 e. The van der Waals surface area contributed by atoms with Gasteiger partial charge in [-0.1, -0.05) is 41.5 Å². The van der Waals surface area contributed by atoms with Crippen LogP contribution in [0.5, 0.6) is 0 Å². The smallest absolute Gasteiger partial charge is 0.351 e. The number of amides is 2. The second-order valence-electron chi connectivity index (χ2n) is 12.5. The number of benzene rings is 1. The fourth-order valence-electron chi connectivity index (χ4n) is 5.19. The van der Waals surface area contributed by atoms with Crippen LogP contribution in [0.2, 0.25) is 0 Å². The van der Waals surface area contributed by atoms with Gasteiger partial charge in [0.1, 0.15) is 28.4 Å². The van der Waals surface area contributed by atoms with Gasteiger partial charge in [-0.2, -0.15) is 0 Å². The zero-order valence-corrected chi connectivity index (χ0v) is 24.8. The number of fused-ring (bicyclic) bond motifs is 3. The van der Waals surface area contributed by atoms with E-state index in [2.05, 4.69) is 71.1 Å². The molecule has 8 heteroatoms. The van der Waals surface area contributed by atoms with Gasteiger partial charge in [0.2, 0.25) is 0 Å². The van der Waals surface area contributed by atoms with Crippen LogP contribution in [0.1, 0.15) is 63.7 Å². The summed E-state index contributed by atoms with van der Waals surface area (Å²) in [6.07, 6.45) is 0. The van der Waals surface area contributed by atoms with Crippen molar-refractivity contribution in [1.29, 1.82) is 0 Å². The Bertz CT molecular complexity index is 1910. The first kappa shape index (κ1) is 25.3. The van der Waals surface area contributed by atoms with E-state index < -0.39 is 0 Å². The van der Waals surface area contributed by atoms with E-state index in [4.69, 9.17) is 8.83 Å². The lowest BCUT2D eigenvalue weighted by molar-refractivity contribution is -0.467. The topological polar surface area (TPSA) is 89.1 Å². The number of primary amides is 1. The molecule has 6 heterocycles. The molecule has 0 spiro atoms. The Balaban J connectivity index is 1.25. The standard InChI is InChI=1S/C32H28N2O4S2/c1-31(2,3)23-10-9-19(38-23)28-26-25(29(35)34-28)27(33-30(26)36)18-8-7-17(37-18)22-13-15-11-21-16(12-20(15)39-22)14-24(40-21)32(4,5)6/h7-14H,1-6H3,(H,33,36)(H,34,35)/p+1. The highest BCUT2D eigenvalue weighted by Gasteiger charge is 2.47. The lowest BCUT2D eigenvalue weighted by atomic mass is 9.94. The van der Waals surface area contributed by atoms with Gasteiger partial charge in [0.25, 0.3) is 5.91 Å². The molecule has 0 fully saturated rings. The molecule has 7 rings (SSSR count). The molecular weight excluding hydrogens is 540 g/mol. The highest BCUT2D eigenvalue weighted by atomic mass is 32.1. The second-order valence-corrected chi connectivity index (χ2v) is 14.6. The average Bonchev–Trinajstić information content (AvgIpc) is 3.68. The molecule has 202 valence electrons. The predicted molar refractivity (Wildman–Crippen MR) is 160 cm³/mol. The van der Waals surface area contributed by atoms with Crippen molar-refractivity contribution >= 4 is 66.1 Å². The number of carbonyl (C=O) groups is 2. The SMILES string of the molecule is CC(C)(C)c1ccc(C2=C3C(=O)[NH2+]C(c4ccc(-c5cc6cc7sc(C(C)(C)C)cc7cc6s5)o4)=C3C(=O)N2)o1. The van der Waals surface area contributed by atoms with E-state index in [1.165, 1.54) is 30.4 Å². The van der Waals surface area contributed by atoms with Crippen molar-refractivity contribution in [3.05, 3.63) is 81.8 Å². The van der Waals surface area contributed by atoms with E-state index in [1.54, 1.807) is 17.4 Å². The molecule has 0 unspecified atom stereocenters. The molecule has 2 aliphatic heterocycles. The van der Waals surface area contributed by atoms with Crippen molar-refractivity contribution in [2.24, 2.45) is 0 Å². The van der Waals surface area contributed by atoms with Crippen molar-refractivity contribution in [1.82, 2.24) is 5.32 Å². The van der Waals surface area contributed by atoms with Crippen LogP contribution in [0.25, 0.3) is 42.2 Å². The minimum absolute atomic E-state index is 0.126. The van der Waals surface area contributed by atoms with Crippen LogP contribution in [0.4, 0.5) is 0 Å². The molecule has 0 saturated heterocycles. The lowest BCUT2D eigenvalue weighted by Gasteiger charge is -2.14. The molecule has 4 aromatic heterocycles. The van der Waals surface area contributed by atoms with Gasteiger partial charge >= 0.3 is 5.91 Å². The highest BCUT2D eigenvalue weighted by molar-refractivity contribution is 7.22. The fraction of sp³-hybridized carbons (Fsp3) is 0.250. The quantitative estimate of drug-likeness (QED) is 0.247. The summed E-state index contributed by atoms with van der Waals surface area (Å²) in [4.78, 5) is 28.6. The molecule has 2 aliphatic rings. The monoisotopic (exact) mass is 569 g/mol.